The van der Waals surface area contributed by atoms with Gasteiger partial charge < -0.3 is 0 Å². The highest BCUT2D eigenvalue weighted by Gasteiger charge is 2.23. The van der Waals surface area contributed by atoms with E-state index in [1.807, 2.05) is 25.4 Å². The van der Waals surface area contributed by atoms with Gasteiger partial charge in [0.15, 0.2) is 5.82 Å². The standard InChI is InChI=1S/C26H22N10/c1-15-19(14-36(35-15)22-9-12-29-26(32-22)33-25-27-10-4-11-28-25)24-17-6-3-2-5-16(17)23-18-13-30-34-20(18)7-8-21(23)31-24/h4,7-14H,2-3,5-6H2,1H3,(H,30,34)(H,27,28,29,32,33). The average molecular weight is 475 g/mol. The molecule has 0 radical (unpaired) electrons. The van der Waals surface area contributed by atoms with Crippen LogP contribution in [0.2, 0.25) is 0 Å². The molecule has 6 aromatic rings. The van der Waals surface area contributed by atoms with E-state index in [4.69, 9.17) is 10.1 Å². The topological polar surface area (TPSA) is 123 Å². The van der Waals surface area contributed by atoms with Gasteiger partial charge in [0.05, 0.1) is 28.6 Å². The Morgan fingerprint density at radius 2 is 1.75 bits per heavy atom. The van der Waals surface area contributed by atoms with Gasteiger partial charge in [-0.25, -0.2) is 24.6 Å². The maximum absolute atomic E-state index is 5.17. The van der Waals surface area contributed by atoms with Crippen LogP contribution in [-0.4, -0.2) is 44.9 Å². The van der Waals surface area contributed by atoms with E-state index in [9.17, 15) is 0 Å². The second kappa shape index (κ2) is 8.19. The van der Waals surface area contributed by atoms with Gasteiger partial charge >= 0.3 is 0 Å². The molecule has 7 rings (SSSR count). The van der Waals surface area contributed by atoms with Crippen LogP contribution in [0.1, 0.15) is 29.7 Å². The van der Waals surface area contributed by atoms with Crippen molar-refractivity contribution in [2.45, 2.75) is 32.6 Å². The fraction of sp³-hybridized carbons (Fsp3) is 0.192. The molecule has 0 spiro atoms. The van der Waals surface area contributed by atoms with Crippen LogP contribution in [0.25, 0.3) is 38.9 Å². The number of hydrogen-bond acceptors (Lipinski definition) is 8. The van der Waals surface area contributed by atoms with E-state index < -0.39 is 0 Å². The number of nitrogens with one attached hydrogen (secondary N) is 2. The van der Waals surface area contributed by atoms with E-state index >= 15 is 0 Å². The van der Waals surface area contributed by atoms with Gasteiger partial charge in [-0.05, 0) is 61.9 Å². The van der Waals surface area contributed by atoms with Crippen molar-refractivity contribution in [3.8, 4) is 17.1 Å². The van der Waals surface area contributed by atoms with Crippen LogP contribution >= 0.6 is 0 Å². The maximum Gasteiger partial charge on any atom is 0.231 e. The number of aryl methyl sites for hydroxylation is 2. The van der Waals surface area contributed by atoms with Crippen molar-refractivity contribution in [2.24, 2.45) is 0 Å². The lowest BCUT2D eigenvalue weighted by atomic mass is 9.85. The summed E-state index contributed by atoms with van der Waals surface area (Å²) in [5.41, 5.74) is 7.66. The number of hydrogen-bond donors (Lipinski definition) is 2. The zero-order valence-electron chi connectivity index (χ0n) is 19.6. The van der Waals surface area contributed by atoms with Crippen molar-refractivity contribution >= 4 is 33.7 Å². The molecule has 0 fully saturated rings. The molecule has 1 aliphatic rings. The van der Waals surface area contributed by atoms with Gasteiger partial charge in [0.2, 0.25) is 11.9 Å². The van der Waals surface area contributed by atoms with Gasteiger partial charge in [-0.3, -0.25) is 10.4 Å². The minimum absolute atomic E-state index is 0.402. The van der Waals surface area contributed by atoms with E-state index in [2.05, 4.69) is 47.6 Å². The zero-order valence-corrected chi connectivity index (χ0v) is 19.6. The van der Waals surface area contributed by atoms with Crippen LogP contribution in [-0.2, 0) is 12.8 Å². The van der Waals surface area contributed by atoms with Crippen LogP contribution in [0.15, 0.2) is 55.2 Å². The Hall–Kier alpha value is -4.73. The summed E-state index contributed by atoms with van der Waals surface area (Å²) >= 11 is 0. The smallest absolute Gasteiger partial charge is 0.231 e. The number of benzene rings is 1. The van der Waals surface area contributed by atoms with Gasteiger partial charge in [-0.2, -0.15) is 15.2 Å². The van der Waals surface area contributed by atoms with E-state index in [1.54, 1.807) is 29.3 Å². The van der Waals surface area contributed by atoms with Crippen molar-refractivity contribution in [3.63, 3.8) is 0 Å². The van der Waals surface area contributed by atoms with E-state index in [1.165, 1.54) is 22.9 Å². The first-order valence-corrected chi connectivity index (χ1v) is 12.0. The maximum atomic E-state index is 5.17. The molecule has 36 heavy (non-hydrogen) atoms. The van der Waals surface area contributed by atoms with Crippen LogP contribution in [0.4, 0.5) is 11.9 Å². The first-order chi connectivity index (χ1) is 17.7. The quantitative estimate of drug-likeness (QED) is 0.383. The van der Waals surface area contributed by atoms with Crippen molar-refractivity contribution in [2.75, 3.05) is 5.32 Å². The van der Waals surface area contributed by atoms with Crippen molar-refractivity contribution in [3.05, 3.63) is 72.1 Å². The summed E-state index contributed by atoms with van der Waals surface area (Å²) in [4.78, 5) is 22.4. The van der Waals surface area contributed by atoms with Crippen LogP contribution in [0.3, 0.4) is 0 Å². The number of anilines is 2. The molecule has 0 amide bonds. The lowest BCUT2D eigenvalue weighted by molar-refractivity contribution is 0.689. The molecule has 176 valence electrons. The molecule has 10 nitrogen and oxygen atoms in total. The molecule has 0 unspecified atom stereocenters. The first-order valence-electron chi connectivity index (χ1n) is 12.0. The highest BCUT2D eigenvalue weighted by molar-refractivity contribution is 6.07. The van der Waals surface area contributed by atoms with Gasteiger partial charge in [-0.1, -0.05) is 0 Å². The highest BCUT2D eigenvalue weighted by atomic mass is 15.3. The number of fused-ring (bicyclic) bond motifs is 5. The Morgan fingerprint density at radius 3 is 2.64 bits per heavy atom. The first kappa shape index (κ1) is 20.6. The molecule has 0 atom stereocenters. The van der Waals surface area contributed by atoms with Crippen LogP contribution in [0.5, 0.6) is 0 Å². The molecule has 5 aromatic heterocycles. The summed E-state index contributed by atoms with van der Waals surface area (Å²) in [5.74, 6) is 1.48. The molecule has 0 aliphatic heterocycles. The molecular formula is C26H22N10. The third-order valence-electron chi connectivity index (χ3n) is 6.71. The average Bonchev–Trinajstić information content (AvgIpc) is 3.55. The third-order valence-corrected chi connectivity index (χ3v) is 6.71. The van der Waals surface area contributed by atoms with Crippen LogP contribution in [0, 0.1) is 6.92 Å². The summed E-state index contributed by atoms with van der Waals surface area (Å²) in [6.07, 6.45) is 13.3. The second-order valence-corrected chi connectivity index (χ2v) is 8.92. The molecule has 10 heteroatoms. The second-order valence-electron chi connectivity index (χ2n) is 8.92. The third kappa shape index (κ3) is 3.37. The van der Waals surface area contributed by atoms with E-state index in [0.29, 0.717) is 17.7 Å². The fourth-order valence-corrected chi connectivity index (χ4v) is 5.08. The van der Waals surface area contributed by atoms with Gasteiger partial charge in [0, 0.05) is 47.2 Å². The fourth-order valence-electron chi connectivity index (χ4n) is 5.08. The predicted octanol–water partition coefficient (Wildman–Crippen LogP) is 4.47. The number of aromatic amines is 1. The number of H-pyrrole nitrogens is 1. The van der Waals surface area contributed by atoms with Gasteiger partial charge in [0.1, 0.15) is 0 Å². The lowest BCUT2D eigenvalue weighted by Gasteiger charge is -2.21. The molecule has 1 aliphatic carbocycles. The van der Waals surface area contributed by atoms with E-state index in [-0.39, 0.29) is 0 Å². The molecule has 2 N–H and O–H groups in total. The molecule has 0 bridgehead atoms. The number of rotatable bonds is 4. The summed E-state index contributed by atoms with van der Waals surface area (Å²) in [6.45, 7) is 2.02. The van der Waals surface area contributed by atoms with Crippen LogP contribution < -0.4 is 5.32 Å². The zero-order chi connectivity index (χ0) is 24.1. The summed E-state index contributed by atoms with van der Waals surface area (Å²) in [5, 5.41) is 17.6. The lowest BCUT2D eigenvalue weighted by Crippen LogP contribution is -2.08. The number of aromatic nitrogens is 9. The Morgan fingerprint density at radius 1 is 0.917 bits per heavy atom. The number of pyridine rings is 1. The Labute approximate surface area is 205 Å². The SMILES string of the molecule is Cc1nn(-c2ccnc(Nc3ncccn3)n2)cc1-c1nc2ccc3[nH]ncc3c2c2c1CCCC2. The molecular weight excluding hydrogens is 452 g/mol. The minimum Gasteiger partial charge on any atom is -0.293 e. The van der Waals surface area contributed by atoms with Gasteiger partial charge in [0.25, 0.3) is 0 Å². The molecule has 5 heterocycles. The van der Waals surface area contributed by atoms with Crippen molar-refractivity contribution in [1.82, 2.24) is 44.9 Å². The summed E-state index contributed by atoms with van der Waals surface area (Å²) in [7, 11) is 0. The van der Waals surface area contributed by atoms with Gasteiger partial charge in [-0.15, -0.1) is 0 Å². The summed E-state index contributed by atoms with van der Waals surface area (Å²) < 4.78 is 1.78. The monoisotopic (exact) mass is 474 g/mol. The Kier molecular flexibility index (Phi) is 4.69. The van der Waals surface area contributed by atoms with Crippen molar-refractivity contribution in [1.29, 1.82) is 0 Å². The Balaban J connectivity index is 1.34. The van der Waals surface area contributed by atoms with E-state index in [0.717, 1.165) is 52.6 Å². The molecule has 0 saturated heterocycles. The molecule has 0 saturated carbocycles. The summed E-state index contributed by atoms with van der Waals surface area (Å²) in [6, 6.07) is 7.72. The highest BCUT2D eigenvalue weighted by Crippen LogP contribution is 2.38. The van der Waals surface area contributed by atoms with Crippen molar-refractivity contribution < 1.29 is 0 Å². The largest absolute Gasteiger partial charge is 0.293 e. The normalized spacial score (nSPS) is 13.2. The Bertz CT molecular complexity index is 1730. The predicted molar refractivity (Wildman–Crippen MR) is 136 cm³/mol. The number of nitrogens with zero attached hydrogens (tertiary/aromatic N) is 8. The minimum atomic E-state index is 0.402. The molecule has 1 aromatic carbocycles.